The summed E-state index contributed by atoms with van der Waals surface area (Å²) in [7, 11) is 0. The molecule has 3 aromatic carbocycles. The second-order valence-corrected chi connectivity index (χ2v) is 12.9. The van der Waals surface area contributed by atoms with E-state index in [9.17, 15) is 0 Å². The Kier molecular flexibility index (Phi) is 6.52. The standard InChI is InChI=1S/C29H25ClN2PS/c1-23-29(33(34,25-15-4-2-5-16-25)26-17-6-3-7-18-26)32-21-11-10-20-28(32)31(23)22-12-14-24-13-8-9-19-27(24)30/h2-21H,22H2,1H3/q+1/b14-12+. The van der Waals surface area contributed by atoms with Crippen molar-refractivity contribution in [2.75, 3.05) is 0 Å². The predicted molar refractivity (Wildman–Crippen MR) is 149 cm³/mol. The molecule has 0 bridgehead atoms. The van der Waals surface area contributed by atoms with Gasteiger partial charge in [0.05, 0.1) is 12.2 Å². The Morgan fingerprint density at radius 3 is 2.06 bits per heavy atom. The molecule has 2 nitrogen and oxygen atoms in total. The molecule has 5 rings (SSSR count). The number of halogens is 1. The first-order chi connectivity index (χ1) is 16.6. The van der Waals surface area contributed by atoms with Gasteiger partial charge in [0.25, 0.3) is 5.65 Å². The van der Waals surface area contributed by atoms with Crippen LogP contribution >= 0.6 is 17.6 Å². The van der Waals surface area contributed by atoms with Gasteiger partial charge in [-0.3, -0.25) is 0 Å². The number of pyridine rings is 1. The van der Waals surface area contributed by atoms with Crippen molar-refractivity contribution in [3.63, 3.8) is 0 Å². The van der Waals surface area contributed by atoms with Gasteiger partial charge in [-0.05, 0) is 34.4 Å². The van der Waals surface area contributed by atoms with Gasteiger partial charge in [0.1, 0.15) is 12.2 Å². The molecular weight excluding hydrogens is 475 g/mol. The maximum absolute atomic E-state index is 6.68. The first-order valence-corrected chi connectivity index (χ1v) is 14.4. The second-order valence-electron chi connectivity index (χ2n) is 8.15. The molecule has 0 saturated heterocycles. The van der Waals surface area contributed by atoms with Crippen LogP contribution in [0.1, 0.15) is 11.3 Å². The molecule has 0 aliphatic heterocycles. The molecule has 0 atom stereocenters. The van der Waals surface area contributed by atoms with E-state index in [1.165, 1.54) is 21.7 Å². The van der Waals surface area contributed by atoms with Crippen molar-refractivity contribution in [2.24, 2.45) is 0 Å². The van der Waals surface area contributed by atoms with Crippen LogP contribution in [0.15, 0.2) is 115 Å². The number of fused-ring (bicyclic) bond motifs is 1. The highest BCUT2D eigenvalue weighted by atomic mass is 35.5. The molecule has 5 aromatic rings. The quantitative estimate of drug-likeness (QED) is 0.216. The average molecular weight is 500 g/mol. The Morgan fingerprint density at radius 1 is 0.824 bits per heavy atom. The zero-order chi connectivity index (χ0) is 23.5. The Hall–Kier alpha value is -2.97. The van der Waals surface area contributed by atoms with Crippen molar-refractivity contribution in [2.45, 2.75) is 13.5 Å². The van der Waals surface area contributed by atoms with Gasteiger partial charge in [-0.15, -0.1) is 0 Å². The summed E-state index contributed by atoms with van der Waals surface area (Å²) in [5.74, 6) is 0. The summed E-state index contributed by atoms with van der Waals surface area (Å²) in [4.78, 5) is 0. The molecule has 2 heterocycles. The number of imidazole rings is 1. The largest absolute Gasteiger partial charge is 0.287 e. The van der Waals surface area contributed by atoms with E-state index in [1.54, 1.807) is 0 Å². The van der Waals surface area contributed by atoms with Gasteiger partial charge in [-0.25, -0.2) is 4.57 Å². The van der Waals surface area contributed by atoms with Gasteiger partial charge in [-0.2, -0.15) is 4.40 Å². The van der Waals surface area contributed by atoms with E-state index in [1.807, 2.05) is 24.3 Å². The second kappa shape index (κ2) is 9.72. The van der Waals surface area contributed by atoms with Crippen molar-refractivity contribution < 1.29 is 4.40 Å². The Labute approximate surface area is 210 Å². The van der Waals surface area contributed by atoms with Crippen molar-refractivity contribution in [1.29, 1.82) is 0 Å². The van der Waals surface area contributed by atoms with Crippen LogP contribution in [0, 0.1) is 6.92 Å². The van der Waals surface area contributed by atoms with Crippen molar-refractivity contribution in [3.8, 4) is 0 Å². The lowest BCUT2D eigenvalue weighted by Crippen LogP contribution is -2.42. The fourth-order valence-electron chi connectivity index (χ4n) is 4.47. The monoisotopic (exact) mass is 499 g/mol. The molecular formula is C29H25ClN2PS+. The fourth-order valence-corrected chi connectivity index (χ4v) is 9.08. The lowest BCUT2D eigenvalue weighted by molar-refractivity contribution is -0.490. The molecule has 0 radical (unpaired) electrons. The Balaban J connectivity index is 1.70. The van der Waals surface area contributed by atoms with E-state index >= 15 is 0 Å². The van der Waals surface area contributed by atoms with E-state index in [4.69, 9.17) is 23.4 Å². The third-order valence-electron chi connectivity index (χ3n) is 6.10. The SMILES string of the molecule is Cc1c(P(=S)(c2ccccc2)c2ccccc2)[n+]2ccccc2n1C/C=C/c1ccccc1Cl. The van der Waals surface area contributed by atoms with E-state index in [0.29, 0.717) is 0 Å². The molecule has 2 aromatic heterocycles. The fraction of sp³-hybridized carbons (Fsp3) is 0.0690. The normalized spacial score (nSPS) is 11.9. The van der Waals surface area contributed by atoms with E-state index < -0.39 is 6.04 Å². The maximum atomic E-state index is 6.68. The zero-order valence-corrected chi connectivity index (χ0v) is 21.3. The topological polar surface area (TPSA) is 9.03 Å². The van der Waals surface area contributed by atoms with Crippen LogP contribution in [0.5, 0.6) is 0 Å². The third kappa shape index (κ3) is 4.05. The van der Waals surface area contributed by atoms with Crippen LogP contribution in [0.3, 0.4) is 0 Å². The summed E-state index contributed by atoms with van der Waals surface area (Å²) in [6, 6.07) is 33.1. The number of aromatic nitrogens is 2. The van der Waals surface area contributed by atoms with E-state index in [-0.39, 0.29) is 0 Å². The molecule has 0 N–H and O–H groups in total. The van der Waals surface area contributed by atoms with Gasteiger partial charge in [0, 0.05) is 18.0 Å². The minimum Gasteiger partial charge on any atom is -0.223 e. The lowest BCUT2D eigenvalue weighted by atomic mass is 10.2. The molecule has 5 heteroatoms. The van der Waals surface area contributed by atoms with Crippen LogP contribution in [0.2, 0.25) is 5.02 Å². The summed E-state index contributed by atoms with van der Waals surface area (Å²) < 4.78 is 4.63. The van der Waals surface area contributed by atoms with Crippen molar-refractivity contribution in [1.82, 2.24) is 4.57 Å². The van der Waals surface area contributed by atoms with Crippen LogP contribution in [-0.2, 0) is 18.4 Å². The maximum Gasteiger partial charge on any atom is 0.287 e. The van der Waals surface area contributed by atoms with Gasteiger partial charge >= 0.3 is 0 Å². The van der Waals surface area contributed by atoms with Crippen LogP contribution in [0.25, 0.3) is 11.7 Å². The highest BCUT2D eigenvalue weighted by Crippen LogP contribution is 2.42. The Morgan fingerprint density at radius 2 is 1.41 bits per heavy atom. The minimum absolute atomic E-state index is 0.726. The molecule has 34 heavy (non-hydrogen) atoms. The third-order valence-corrected chi connectivity index (χ3v) is 11.4. The van der Waals surface area contributed by atoms with Gasteiger partial charge < -0.3 is 0 Å². The summed E-state index contributed by atoms with van der Waals surface area (Å²) >= 11 is 13.0. The molecule has 0 amide bonds. The molecule has 0 fully saturated rings. The number of hydrogen-bond acceptors (Lipinski definition) is 1. The summed E-state index contributed by atoms with van der Waals surface area (Å²) in [6.07, 6.45) is 6.39. The lowest BCUT2D eigenvalue weighted by Gasteiger charge is -2.21. The molecule has 0 aliphatic carbocycles. The predicted octanol–water partition coefficient (Wildman–Crippen LogP) is 5.66. The molecule has 0 saturated carbocycles. The smallest absolute Gasteiger partial charge is 0.223 e. The molecule has 0 unspecified atom stereocenters. The highest BCUT2D eigenvalue weighted by molar-refractivity contribution is 8.25. The van der Waals surface area contributed by atoms with E-state index in [0.717, 1.165) is 22.8 Å². The highest BCUT2D eigenvalue weighted by Gasteiger charge is 2.36. The number of nitrogens with zero attached hydrogens (tertiary/aromatic N) is 2. The van der Waals surface area contributed by atoms with Gasteiger partial charge in [0.15, 0.2) is 5.44 Å². The number of benzene rings is 3. The average Bonchev–Trinajstić information content (AvgIpc) is 3.17. The zero-order valence-electron chi connectivity index (χ0n) is 18.9. The first-order valence-electron chi connectivity index (χ1n) is 11.2. The summed E-state index contributed by atoms with van der Waals surface area (Å²) in [6.45, 7) is 2.92. The van der Waals surface area contributed by atoms with Crippen molar-refractivity contribution >= 4 is 57.2 Å². The van der Waals surface area contributed by atoms with Crippen LogP contribution in [-0.4, -0.2) is 4.57 Å². The van der Waals surface area contributed by atoms with Gasteiger partial charge in [0.2, 0.25) is 0 Å². The molecule has 168 valence electrons. The molecule has 0 aliphatic rings. The van der Waals surface area contributed by atoms with Crippen LogP contribution < -0.4 is 20.4 Å². The molecule has 0 spiro atoms. The summed E-state index contributed by atoms with van der Waals surface area (Å²) in [5, 5.41) is 3.15. The minimum atomic E-state index is -2.31. The van der Waals surface area contributed by atoms with Gasteiger partial charge in [-0.1, -0.05) is 114 Å². The summed E-state index contributed by atoms with van der Waals surface area (Å²) in [5.41, 5.74) is 4.53. The number of allylic oxidation sites excluding steroid dienone is 1. The Bertz CT molecular complexity index is 1480. The van der Waals surface area contributed by atoms with Crippen molar-refractivity contribution in [3.05, 3.63) is 132 Å². The van der Waals surface area contributed by atoms with Crippen LogP contribution in [0.4, 0.5) is 0 Å². The number of hydrogen-bond donors (Lipinski definition) is 0. The van der Waals surface area contributed by atoms with E-state index in [2.05, 4.69) is 113 Å². The number of rotatable bonds is 6. The first kappa shape index (κ1) is 22.8.